The summed E-state index contributed by atoms with van der Waals surface area (Å²) in [6, 6.07) is 6.72. The third-order valence-corrected chi connectivity index (χ3v) is 2.17. The molecule has 0 unspecified atom stereocenters. The van der Waals surface area contributed by atoms with E-state index in [2.05, 4.69) is 5.10 Å². The number of carbonyl (C=O) groups excluding carboxylic acids is 1. The van der Waals surface area contributed by atoms with Gasteiger partial charge < -0.3 is 0 Å². The highest BCUT2D eigenvalue weighted by molar-refractivity contribution is 6.07. The normalized spacial score (nSPS) is 11.2. The van der Waals surface area contributed by atoms with Gasteiger partial charge in [0.05, 0.1) is 5.52 Å². The zero-order valence-corrected chi connectivity index (χ0v) is 7.95. The zero-order valence-electron chi connectivity index (χ0n) is 7.95. The molecular weight excluding hydrogens is 202 g/mol. The Labute approximate surface area is 84.3 Å². The van der Waals surface area contributed by atoms with E-state index in [0.717, 1.165) is 0 Å². The number of Topliss-reactive ketones (excluding diaryl/α,β-unsaturated/α-hetero) is 1. The minimum absolute atomic E-state index is 0.0411. The molecule has 1 aromatic carbocycles. The number of aromatic nitrogens is 2. The van der Waals surface area contributed by atoms with Gasteiger partial charge in [0, 0.05) is 12.4 Å². The molecule has 78 valence electrons. The fourth-order valence-electron chi connectivity index (χ4n) is 1.54. The molecule has 0 aliphatic rings. The number of nitrogens with zero attached hydrogens (tertiary/aromatic N) is 2. The molecule has 0 bridgehead atoms. The molecular formula is C10H8F2N2O. The first kappa shape index (κ1) is 9.76. The molecule has 0 saturated carbocycles. The van der Waals surface area contributed by atoms with Crippen molar-refractivity contribution in [2.24, 2.45) is 7.05 Å². The lowest BCUT2D eigenvalue weighted by molar-refractivity contribution is 0.0670. The third kappa shape index (κ3) is 1.49. The van der Waals surface area contributed by atoms with Crippen LogP contribution in [0, 0.1) is 0 Å². The molecule has 0 amide bonds. The van der Waals surface area contributed by atoms with E-state index in [9.17, 15) is 13.6 Å². The van der Waals surface area contributed by atoms with Crippen LogP contribution in [0.5, 0.6) is 0 Å². The molecule has 0 fully saturated rings. The van der Waals surface area contributed by atoms with Crippen molar-refractivity contribution in [3.8, 4) is 0 Å². The van der Waals surface area contributed by atoms with E-state index in [4.69, 9.17) is 0 Å². The average molecular weight is 210 g/mol. The Balaban J connectivity index is 2.69. The van der Waals surface area contributed by atoms with Gasteiger partial charge in [-0.25, -0.2) is 8.78 Å². The van der Waals surface area contributed by atoms with E-state index in [1.54, 1.807) is 24.3 Å². The molecule has 0 spiro atoms. The quantitative estimate of drug-likeness (QED) is 0.711. The van der Waals surface area contributed by atoms with Crippen molar-refractivity contribution >= 4 is 16.7 Å². The second-order valence-electron chi connectivity index (χ2n) is 3.15. The predicted molar refractivity (Wildman–Crippen MR) is 51.0 cm³/mol. The van der Waals surface area contributed by atoms with Crippen molar-refractivity contribution in [1.82, 2.24) is 9.78 Å². The summed E-state index contributed by atoms with van der Waals surface area (Å²) in [6.45, 7) is 0. The highest BCUT2D eigenvalue weighted by Crippen LogP contribution is 2.19. The molecule has 2 aromatic rings. The van der Waals surface area contributed by atoms with Crippen molar-refractivity contribution in [1.29, 1.82) is 0 Å². The van der Waals surface area contributed by atoms with E-state index < -0.39 is 12.2 Å². The summed E-state index contributed by atoms with van der Waals surface area (Å²) in [5.74, 6) is -1.19. The van der Waals surface area contributed by atoms with Crippen LogP contribution in [0.3, 0.4) is 0 Å². The zero-order chi connectivity index (χ0) is 11.0. The van der Waals surface area contributed by atoms with Crippen LogP contribution in [-0.2, 0) is 7.05 Å². The van der Waals surface area contributed by atoms with Crippen molar-refractivity contribution in [3.05, 3.63) is 30.0 Å². The van der Waals surface area contributed by atoms with Crippen LogP contribution in [0.15, 0.2) is 24.3 Å². The number of ketones is 1. The van der Waals surface area contributed by atoms with Crippen molar-refractivity contribution < 1.29 is 13.6 Å². The lowest BCUT2D eigenvalue weighted by Gasteiger charge is -1.99. The van der Waals surface area contributed by atoms with Crippen LogP contribution in [0.4, 0.5) is 8.78 Å². The van der Waals surface area contributed by atoms with Crippen LogP contribution in [0.1, 0.15) is 10.5 Å². The highest BCUT2D eigenvalue weighted by Gasteiger charge is 2.24. The van der Waals surface area contributed by atoms with Crippen molar-refractivity contribution in [3.63, 3.8) is 0 Å². The van der Waals surface area contributed by atoms with Gasteiger partial charge in [0.1, 0.15) is 5.69 Å². The first-order chi connectivity index (χ1) is 7.11. The molecule has 0 aliphatic heterocycles. The summed E-state index contributed by atoms with van der Waals surface area (Å²) < 4.78 is 25.8. The topological polar surface area (TPSA) is 34.9 Å². The summed E-state index contributed by atoms with van der Waals surface area (Å²) in [7, 11) is 1.48. The molecule has 3 nitrogen and oxygen atoms in total. The molecule has 0 aliphatic carbocycles. The van der Waals surface area contributed by atoms with Gasteiger partial charge in [0.2, 0.25) is 5.78 Å². The number of hydrogen-bond acceptors (Lipinski definition) is 2. The van der Waals surface area contributed by atoms with Gasteiger partial charge in [-0.3, -0.25) is 9.48 Å². The van der Waals surface area contributed by atoms with E-state index in [-0.39, 0.29) is 5.69 Å². The van der Waals surface area contributed by atoms with Gasteiger partial charge in [-0.15, -0.1) is 0 Å². The summed E-state index contributed by atoms with van der Waals surface area (Å²) in [6.07, 6.45) is -3.00. The first-order valence-corrected chi connectivity index (χ1v) is 4.35. The third-order valence-electron chi connectivity index (χ3n) is 2.17. The molecule has 0 atom stereocenters. The van der Waals surface area contributed by atoms with E-state index >= 15 is 0 Å². The van der Waals surface area contributed by atoms with Crippen LogP contribution in [-0.4, -0.2) is 22.0 Å². The number of fused-ring (bicyclic) bond motifs is 1. The Morgan fingerprint density at radius 2 is 2.07 bits per heavy atom. The first-order valence-electron chi connectivity index (χ1n) is 4.35. The van der Waals surface area contributed by atoms with Crippen LogP contribution in [0.25, 0.3) is 10.9 Å². The monoisotopic (exact) mass is 210 g/mol. The Hall–Kier alpha value is -1.78. The smallest absolute Gasteiger partial charge is 0.286 e. The second-order valence-corrected chi connectivity index (χ2v) is 3.15. The average Bonchev–Trinajstić information content (AvgIpc) is 2.52. The van der Waals surface area contributed by atoms with Crippen molar-refractivity contribution in [2.75, 3.05) is 0 Å². The number of benzene rings is 1. The van der Waals surface area contributed by atoms with Crippen LogP contribution in [0.2, 0.25) is 0 Å². The Bertz CT molecular complexity index is 519. The molecule has 0 radical (unpaired) electrons. The van der Waals surface area contributed by atoms with Gasteiger partial charge in [-0.05, 0) is 6.07 Å². The maximum Gasteiger partial charge on any atom is 0.302 e. The number of halogens is 2. The molecule has 15 heavy (non-hydrogen) atoms. The molecule has 1 heterocycles. The Morgan fingerprint density at radius 1 is 1.40 bits per heavy atom. The van der Waals surface area contributed by atoms with E-state index in [0.29, 0.717) is 10.9 Å². The highest BCUT2D eigenvalue weighted by atomic mass is 19.3. The van der Waals surface area contributed by atoms with E-state index in [1.807, 2.05) is 0 Å². The fourth-order valence-corrected chi connectivity index (χ4v) is 1.54. The lowest BCUT2D eigenvalue weighted by Crippen LogP contribution is -2.15. The number of hydrogen-bond donors (Lipinski definition) is 0. The molecule has 0 N–H and O–H groups in total. The number of aryl methyl sites for hydroxylation is 1. The lowest BCUT2D eigenvalue weighted by atomic mass is 10.1. The van der Waals surface area contributed by atoms with Gasteiger partial charge in [-0.1, -0.05) is 18.2 Å². The number of carbonyl (C=O) groups is 1. The van der Waals surface area contributed by atoms with Crippen LogP contribution >= 0.6 is 0 Å². The fraction of sp³-hybridized carbons (Fsp3) is 0.200. The van der Waals surface area contributed by atoms with Gasteiger partial charge in [-0.2, -0.15) is 5.10 Å². The van der Waals surface area contributed by atoms with Gasteiger partial charge >= 0.3 is 6.43 Å². The molecule has 1 aromatic heterocycles. The molecule has 0 saturated heterocycles. The van der Waals surface area contributed by atoms with Crippen LogP contribution < -0.4 is 0 Å². The Morgan fingerprint density at radius 3 is 2.73 bits per heavy atom. The maximum absolute atomic E-state index is 12.3. The van der Waals surface area contributed by atoms with Crippen molar-refractivity contribution in [2.45, 2.75) is 6.43 Å². The maximum atomic E-state index is 12.3. The van der Waals surface area contributed by atoms with Gasteiger partial charge in [0.25, 0.3) is 0 Å². The number of alkyl halides is 2. The minimum atomic E-state index is -3.00. The summed E-state index contributed by atoms with van der Waals surface area (Å²) in [5, 5.41) is 4.44. The minimum Gasteiger partial charge on any atom is -0.286 e. The summed E-state index contributed by atoms with van der Waals surface area (Å²) in [5.41, 5.74) is 0.504. The predicted octanol–water partition coefficient (Wildman–Crippen LogP) is 2.02. The molecule has 5 heteroatoms. The summed E-state index contributed by atoms with van der Waals surface area (Å²) >= 11 is 0. The summed E-state index contributed by atoms with van der Waals surface area (Å²) in [4.78, 5) is 11.2. The second kappa shape index (κ2) is 3.42. The standard InChI is InChI=1S/C10H8F2N2O/c1-14-8(9(15)10(11)12)6-4-2-3-5-7(6)13-14/h2-5,10H,1H3. The van der Waals surface area contributed by atoms with Gasteiger partial charge in [0.15, 0.2) is 0 Å². The van der Waals surface area contributed by atoms with E-state index in [1.165, 1.54) is 11.7 Å². The largest absolute Gasteiger partial charge is 0.302 e. The SMILES string of the molecule is Cn1nc2ccccc2c1C(=O)C(F)F. The number of rotatable bonds is 2. The Kier molecular flexibility index (Phi) is 2.22. The molecule has 2 rings (SSSR count).